The van der Waals surface area contributed by atoms with Crippen LogP contribution in [0.3, 0.4) is 0 Å². The largest absolute Gasteiger partial charge is 0.480 e. The lowest BCUT2D eigenvalue weighted by atomic mass is 9.98. The third-order valence-corrected chi connectivity index (χ3v) is 5.74. The molecule has 4 nitrogen and oxygen atoms in total. The molecule has 0 spiro atoms. The molecule has 5 heteroatoms. The first-order valence-corrected chi connectivity index (χ1v) is 8.79. The van der Waals surface area contributed by atoms with Crippen LogP contribution >= 0.6 is 11.3 Å². The van der Waals surface area contributed by atoms with Gasteiger partial charge in [-0.05, 0) is 36.8 Å². The monoisotopic (exact) mass is 338 g/mol. The van der Waals surface area contributed by atoms with E-state index < -0.39 is 0 Å². The van der Waals surface area contributed by atoms with Gasteiger partial charge in [-0.1, -0.05) is 30.3 Å². The van der Waals surface area contributed by atoms with Crippen molar-refractivity contribution in [1.82, 2.24) is 4.98 Å². The predicted octanol–water partition coefficient (Wildman–Crippen LogP) is 4.26. The SMILES string of the molecule is COc1nc(-c2ccccc2)c(C)c2c(C3CC3)c(C(N)=O)sc12. The van der Waals surface area contributed by atoms with E-state index in [1.807, 2.05) is 30.3 Å². The second-order valence-corrected chi connectivity index (χ2v) is 7.17. The Morgan fingerprint density at radius 3 is 2.58 bits per heavy atom. The minimum Gasteiger partial charge on any atom is -0.480 e. The van der Waals surface area contributed by atoms with E-state index in [4.69, 9.17) is 15.5 Å². The highest BCUT2D eigenvalue weighted by Gasteiger charge is 2.33. The third kappa shape index (κ3) is 2.27. The van der Waals surface area contributed by atoms with Gasteiger partial charge in [0.2, 0.25) is 5.88 Å². The van der Waals surface area contributed by atoms with Crippen LogP contribution in [0.1, 0.15) is 39.6 Å². The van der Waals surface area contributed by atoms with Gasteiger partial charge in [0.1, 0.15) is 0 Å². The molecule has 0 bridgehead atoms. The molecule has 1 fully saturated rings. The number of carbonyl (C=O) groups excluding carboxylic acids is 1. The van der Waals surface area contributed by atoms with Gasteiger partial charge < -0.3 is 10.5 Å². The summed E-state index contributed by atoms with van der Waals surface area (Å²) in [7, 11) is 1.62. The molecule has 1 aliphatic rings. The minimum absolute atomic E-state index is 0.360. The van der Waals surface area contributed by atoms with E-state index in [1.54, 1.807) is 7.11 Å². The standard InChI is InChI=1S/C19H18N2O2S/c1-10-13-14(11-8-9-11)16(18(20)22)24-17(13)19(23-2)21-15(10)12-6-4-3-5-7-12/h3-7,11H,8-9H2,1-2H3,(H2,20,22). The molecule has 2 aromatic heterocycles. The summed E-state index contributed by atoms with van der Waals surface area (Å²) in [5.74, 6) is 0.630. The Morgan fingerprint density at radius 2 is 2.00 bits per heavy atom. The maximum absolute atomic E-state index is 12.0. The van der Waals surface area contributed by atoms with E-state index in [1.165, 1.54) is 11.3 Å². The highest BCUT2D eigenvalue weighted by molar-refractivity contribution is 7.21. The zero-order valence-corrected chi connectivity index (χ0v) is 14.4. The Kier molecular flexibility index (Phi) is 3.53. The number of fused-ring (bicyclic) bond motifs is 1. The van der Waals surface area contributed by atoms with Crippen LogP contribution in [-0.4, -0.2) is 18.0 Å². The molecule has 0 unspecified atom stereocenters. The molecule has 2 heterocycles. The maximum atomic E-state index is 12.0. The summed E-state index contributed by atoms with van der Waals surface area (Å²) in [6, 6.07) is 10.1. The van der Waals surface area contributed by atoms with Gasteiger partial charge in [-0.15, -0.1) is 11.3 Å². The van der Waals surface area contributed by atoms with Crippen LogP contribution in [-0.2, 0) is 0 Å². The molecule has 3 aromatic rings. The van der Waals surface area contributed by atoms with E-state index in [2.05, 4.69) is 6.92 Å². The maximum Gasteiger partial charge on any atom is 0.259 e. The molecule has 1 saturated carbocycles. The van der Waals surface area contributed by atoms with Gasteiger partial charge in [0.25, 0.3) is 5.91 Å². The van der Waals surface area contributed by atoms with Gasteiger partial charge in [-0.2, -0.15) is 0 Å². The lowest BCUT2D eigenvalue weighted by molar-refractivity contribution is 0.100. The molecular weight excluding hydrogens is 320 g/mol. The van der Waals surface area contributed by atoms with Gasteiger partial charge in [-0.25, -0.2) is 4.98 Å². The van der Waals surface area contributed by atoms with E-state index in [9.17, 15) is 4.79 Å². The average molecular weight is 338 g/mol. The molecule has 122 valence electrons. The first-order valence-electron chi connectivity index (χ1n) is 7.98. The quantitative estimate of drug-likeness (QED) is 0.773. The fourth-order valence-corrected chi connectivity index (χ4v) is 4.55. The number of nitrogens with zero attached hydrogens (tertiary/aromatic N) is 1. The number of ether oxygens (including phenoxy) is 1. The van der Waals surface area contributed by atoms with Crippen LogP contribution in [0.15, 0.2) is 30.3 Å². The van der Waals surface area contributed by atoms with Crippen molar-refractivity contribution in [3.8, 4) is 17.1 Å². The zero-order valence-electron chi connectivity index (χ0n) is 13.6. The summed E-state index contributed by atoms with van der Waals surface area (Å²) in [4.78, 5) is 17.3. The molecule has 0 radical (unpaired) electrons. The number of nitrogens with two attached hydrogens (primary N) is 1. The number of primary amides is 1. The average Bonchev–Trinajstić information content (AvgIpc) is 3.35. The van der Waals surface area contributed by atoms with Crippen molar-refractivity contribution in [2.24, 2.45) is 5.73 Å². The van der Waals surface area contributed by atoms with E-state index in [0.717, 1.165) is 45.3 Å². The summed E-state index contributed by atoms with van der Waals surface area (Å²) >= 11 is 1.41. The number of hydrogen-bond acceptors (Lipinski definition) is 4. The lowest BCUT2D eigenvalue weighted by Crippen LogP contribution is -2.10. The van der Waals surface area contributed by atoms with Crippen molar-refractivity contribution in [3.63, 3.8) is 0 Å². The third-order valence-electron chi connectivity index (χ3n) is 4.53. The molecular formula is C19H18N2O2S. The fourth-order valence-electron chi connectivity index (χ4n) is 3.28. The molecule has 4 rings (SSSR count). The number of amides is 1. The van der Waals surface area contributed by atoms with Crippen LogP contribution in [0.25, 0.3) is 21.3 Å². The molecule has 0 atom stereocenters. The van der Waals surface area contributed by atoms with E-state index >= 15 is 0 Å². The number of pyridine rings is 1. The first-order chi connectivity index (χ1) is 11.6. The number of aromatic nitrogens is 1. The van der Waals surface area contributed by atoms with E-state index in [0.29, 0.717) is 16.7 Å². The Morgan fingerprint density at radius 1 is 1.29 bits per heavy atom. The number of benzene rings is 1. The summed E-state index contributed by atoms with van der Waals surface area (Å²) in [5.41, 5.74) is 9.77. The minimum atomic E-state index is -0.360. The lowest BCUT2D eigenvalue weighted by Gasteiger charge is -2.11. The summed E-state index contributed by atoms with van der Waals surface area (Å²) < 4.78 is 6.46. The Labute approximate surface area is 144 Å². The number of hydrogen-bond donors (Lipinski definition) is 1. The van der Waals surface area contributed by atoms with Crippen molar-refractivity contribution in [2.45, 2.75) is 25.7 Å². The fraction of sp³-hybridized carbons (Fsp3) is 0.263. The molecule has 24 heavy (non-hydrogen) atoms. The van der Waals surface area contributed by atoms with Gasteiger partial charge in [0, 0.05) is 10.9 Å². The van der Waals surface area contributed by atoms with Crippen LogP contribution in [0.2, 0.25) is 0 Å². The predicted molar refractivity (Wildman–Crippen MR) is 96.8 cm³/mol. The van der Waals surface area contributed by atoms with Crippen LogP contribution in [0, 0.1) is 6.92 Å². The first kappa shape index (κ1) is 15.1. The highest BCUT2D eigenvalue weighted by atomic mass is 32.1. The summed E-state index contributed by atoms with van der Waals surface area (Å²) in [5, 5.41) is 1.10. The van der Waals surface area contributed by atoms with Crippen molar-refractivity contribution in [2.75, 3.05) is 7.11 Å². The molecule has 0 saturated heterocycles. The van der Waals surface area contributed by atoms with Gasteiger partial charge in [0.05, 0.1) is 22.4 Å². The highest BCUT2D eigenvalue weighted by Crippen LogP contribution is 2.51. The summed E-state index contributed by atoms with van der Waals surface area (Å²) in [6.45, 7) is 2.07. The topological polar surface area (TPSA) is 65.2 Å². The van der Waals surface area contributed by atoms with Crippen LogP contribution < -0.4 is 10.5 Å². The number of thiophene rings is 1. The normalized spacial score (nSPS) is 14.1. The van der Waals surface area contributed by atoms with Crippen molar-refractivity contribution in [3.05, 3.63) is 46.3 Å². The van der Waals surface area contributed by atoms with Crippen molar-refractivity contribution in [1.29, 1.82) is 0 Å². The van der Waals surface area contributed by atoms with Gasteiger partial charge >= 0.3 is 0 Å². The molecule has 1 aromatic carbocycles. The van der Waals surface area contributed by atoms with Crippen molar-refractivity contribution < 1.29 is 9.53 Å². The smallest absolute Gasteiger partial charge is 0.259 e. The Hall–Kier alpha value is -2.40. The Balaban J connectivity index is 2.09. The molecule has 0 aliphatic heterocycles. The zero-order chi connectivity index (χ0) is 16.8. The number of aryl methyl sites for hydroxylation is 1. The molecule has 1 aliphatic carbocycles. The second kappa shape index (κ2) is 5.60. The van der Waals surface area contributed by atoms with Crippen LogP contribution in [0.4, 0.5) is 0 Å². The number of carbonyl (C=O) groups is 1. The number of rotatable bonds is 4. The summed E-state index contributed by atoms with van der Waals surface area (Å²) in [6.07, 6.45) is 2.22. The van der Waals surface area contributed by atoms with E-state index in [-0.39, 0.29) is 5.91 Å². The molecule has 1 amide bonds. The van der Waals surface area contributed by atoms with Gasteiger partial charge in [-0.3, -0.25) is 4.79 Å². The second-order valence-electron chi connectivity index (χ2n) is 6.15. The van der Waals surface area contributed by atoms with Crippen LogP contribution in [0.5, 0.6) is 5.88 Å². The van der Waals surface area contributed by atoms with Gasteiger partial charge in [0.15, 0.2) is 0 Å². The Bertz CT molecular complexity index is 943. The number of methoxy groups -OCH3 is 1. The van der Waals surface area contributed by atoms with Crippen molar-refractivity contribution >= 4 is 27.3 Å². The molecule has 2 N–H and O–H groups in total.